The van der Waals surface area contributed by atoms with Gasteiger partial charge in [-0.15, -0.1) is 0 Å². The molecule has 0 bridgehead atoms. The standard InChI is InChI=1S/C21H41N3O4S/c1-13(2)10-17(11-25)24-20(26)16(5)23-21(27)19(22)15(4)12-28-29-18-8-6-14(3)7-9-18/h6,8,13,15-17,19-21,23-27H,7,9-12,22H2,1-5H3. The summed E-state index contributed by atoms with van der Waals surface area (Å²) < 4.78 is 5.71. The first kappa shape index (κ1) is 26.6. The van der Waals surface area contributed by atoms with E-state index < -0.39 is 24.5 Å². The van der Waals surface area contributed by atoms with Crippen molar-refractivity contribution in [1.82, 2.24) is 10.6 Å². The molecule has 0 spiro atoms. The minimum absolute atomic E-state index is 0.0537. The molecule has 0 heterocycles. The average molecular weight is 432 g/mol. The average Bonchev–Trinajstić information content (AvgIpc) is 2.67. The Bertz CT molecular complexity index is 530. The lowest BCUT2D eigenvalue weighted by Crippen LogP contribution is -2.58. The Morgan fingerprint density at radius 3 is 2.34 bits per heavy atom. The van der Waals surface area contributed by atoms with Crippen LogP contribution >= 0.6 is 12.0 Å². The zero-order valence-electron chi connectivity index (χ0n) is 18.5. The van der Waals surface area contributed by atoms with Crippen molar-refractivity contribution in [2.24, 2.45) is 17.6 Å². The number of aliphatic hydroxyl groups excluding tert-OH is 3. The van der Waals surface area contributed by atoms with Gasteiger partial charge in [-0.1, -0.05) is 38.5 Å². The summed E-state index contributed by atoms with van der Waals surface area (Å²) in [5.74, 6) is 0.326. The lowest BCUT2D eigenvalue weighted by atomic mass is 10.0. The van der Waals surface area contributed by atoms with Gasteiger partial charge >= 0.3 is 0 Å². The van der Waals surface area contributed by atoms with Gasteiger partial charge in [0.25, 0.3) is 0 Å². The minimum Gasteiger partial charge on any atom is -0.395 e. The molecule has 29 heavy (non-hydrogen) atoms. The third-order valence-corrected chi connectivity index (χ3v) is 5.94. The zero-order chi connectivity index (χ0) is 22.0. The molecule has 170 valence electrons. The number of hydrogen-bond acceptors (Lipinski definition) is 8. The molecule has 0 aromatic carbocycles. The minimum atomic E-state index is -0.984. The number of nitrogens with two attached hydrogens (primary N) is 1. The van der Waals surface area contributed by atoms with E-state index in [1.54, 1.807) is 6.92 Å². The number of aliphatic hydroxyl groups is 3. The van der Waals surface area contributed by atoms with E-state index >= 15 is 0 Å². The van der Waals surface area contributed by atoms with Crippen molar-refractivity contribution in [3.05, 3.63) is 22.6 Å². The van der Waals surface area contributed by atoms with Crippen molar-refractivity contribution < 1.29 is 19.5 Å². The van der Waals surface area contributed by atoms with Crippen LogP contribution in [-0.2, 0) is 4.18 Å². The van der Waals surface area contributed by atoms with E-state index in [0.29, 0.717) is 12.5 Å². The third kappa shape index (κ3) is 10.4. The summed E-state index contributed by atoms with van der Waals surface area (Å²) in [4.78, 5) is 1.19. The molecule has 8 heteroatoms. The molecule has 0 radical (unpaired) electrons. The Morgan fingerprint density at radius 1 is 1.10 bits per heavy atom. The normalized spacial score (nSPS) is 21.2. The fourth-order valence-electron chi connectivity index (χ4n) is 3.05. The highest BCUT2D eigenvalue weighted by Gasteiger charge is 2.26. The van der Waals surface area contributed by atoms with Gasteiger partial charge in [-0.3, -0.25) is 10.6 Å². The summed E-state index contributed by atoms with van der Waals surface area (Å²) >= 11 is 1.37. The van der Waals surface area contributed by atoms with Gasteiger partial charge in [0, 0.05) is 35.1 Å². The SMILES string of the molecule is CC1=CC=C(SOCC(C)C(N)C(O)NC(C)C(O)NC(CO)CC(C)C)CC1. The summed E-state index contributed by atoms with van der Waals surface area (Å²) in [6.45, 7) is 10.3. The Kier molecular flexibility index (Phi) is 12.6. The number of nitrogens with one attached hydrogen (secondary N) is 2. The Labute approximate surface area is 180 Å². The maximum absolute atomic E-state index is 10.4. The Hall–Kier alpha value is -0.450. The first-order valence-corrected chi connectivity index (χ1v) is 11.3. The molecule has 0 fully saturated rings. The van der Waals surface area contributed by atoms with Gasteiger partial charge < -0.3 is 25.2 Å². The quantitative estimate of drug-likeness (QED) is 0.182. The fourth-order valence-corrected chi connectivity index (χ4v) is 3.80. The van der Waals surface area contributed by atoms with Crippen molar-refractivity contribution in [1.29, 1.82) is 0 Å². The molecule has 1 aliphatic rings. The van der Waals surface area contributed by atoms with Crippen molar-refractivity contribution >= 4 is 12.0 Å². The monoisotopic (exact) mass is 431 g/mol. The van der Waals surface area contributed by atoms with Crippen molar-refractivity contribution in [2.45, 2.75) is 84.5 Å². The van der Waals surface area contributed by atoms with Gasteiger partial charge in [0.1, 0.15) is 12.5 Å². The Morgan fingerprint density at radius 2 is 1.79 bits per heavy atom. The number of rotatable bonds is 14. The van der Waals surface area contributed by atoms with Crippen LogP contribution < -0.4 is 16.4 Å². The number of hydrogen-bond donors (Lipinski definition) is 6. The van der Waals surface area contributed by atoms with Crippen LogP contribution in [0.3, 0.4) is 0 Å². The van der Waals surface area contributed by atoms with E-state index in [0.717, 1.165) is 19.3 Å². The molecule has 7 N–H and O–H groups in total. The van der Waals surface area contributed by atoms with Crippen LogP contribution in [0, 0.1) is 11.8 Å². The molecule has 0 saturated heterocycles. The molecular weight excluding hydrogens is 390 g/mol. The van der Waals surface area contributed by atoms with Crippen LogP contribution in [0.2, 0.25) is 0 Å². The summed E-state index contributed by atoms with van der Waals surface area (Å²) in [7, 11) is 0. The van der Waals surface area contributed by atoms with Crippen molar-refractivity contribution in [3.63, 3.8) is 0 Å². The summed E-state index contributed by atoms with van der Waals surface area (Å²) in [5, 5.41) is 36.1. The topological polar surface area (TPSA) is 120 Å². The second-order valence-corrected chi connectivity index (χ2v) is 9.52. The summed E-state index contributed by atoms with van der Waals surface area (Å²) in [5.41, 5.74) is 7.55. The zero-order valence-corrected chi connectivity index (χ0v) is 19.3. The number of allylic oxidation sites excluding steroid dienone is 4. The molecule has 0 aliphatic heterocycles. The van der Waals surface area contributed by atoms with Gasteiger partial charge in [-0.05, 0) is 44.9 Å². The Balaban J connectivity index is 2.37. The smallest absolute Gasteiger partial charge is 0.120 e. The molecule has 0 amide bonds. The molecule has 6 atom stereocenters. The second-order valence-electron chi connectivity index (χ2n) is 8.59. The van der Waals surface area contributed by atoms with E-state index in [2.05, 4.69) is 43.6 Å². The highest BCUT2D eigenvalue weighted by molar-refractivity contribution is 7.98. The highest BCUT2D eigenvalue weighted by atomic mass is 32.2. The lowest BCUT2D eigenvalue weighted by molar-refractivity contribution is 0.0197. The van der Waals surface area contributed by atoms with Gasteiger partial charge in [0.15, 0.2) is 0 Å². The molecule has 0 aromatic heterocycles. The molecule has 0 aromatic rings. The van der Waals surface area contributed by atoms with Crippen molar-refractivity contribution in [2.75, 3.05) is 13.2 Å². The molecular formula is C21H41N3O4S. The summed E-state index contributed by atoms with van der Waals surface area (Å²) in [6, 6.07) is -1.18. The molecule has 0 saturated carbocycles. The maximum Gasteiger partial charge on any atom is 0.120 e. The molecule has 1 rings (SSSR count). The fraction of sp³-hybridized carbons (Fsp3) is 0.810. The largest absolute Gasteiger partial charge is 0.395 e. The summed E-state index contributed by atoms with van der Waals surface area (Å²) in [6.07, 6.45) is 5.10. The third-order valence-electron chi connectivity index (χ3n) is 5.13. The van der Waals surface area contributed by atoms with E-state index in [1.807, 2.05) is 6.92 Å². The lowest BCUT2D eigenvalue weighted by Gasteiger charge is -2.31. The van der Waals surface area contributed by atoms with E-state index in [4.69, 9.17) is 9.92 Å². The molecule has 7 nitrogen and oxygen atoms in total. The second kappa shape index (κ2) is 13.8. The van der Waals surface area contributed by atoms with E-state index in [-0.39, 0.29) is 18.6 Å². The predicted molar refractivity (Wildman–Crippen MR) is 120 cm³/mol. The van der Waals surface area contributed by atoms with Crippen LogP contribution in [0.4, 0.5) is 0 Å². The van der Waals surface area contributed by atoms with Gasteiger partial charge in [-0.25, -0.2) is 0 Å². The predicted octanol–water partition coefficient (Wildman–Crippen LogP) is 1.85. The van der Waals surface area contributed by atoms with Crippen molar-refractivity contribution in [3.8, 4) is 0 Å². The van der Waals surface area contributed by atoms with Crippen LogP contribution in [0.5, 0.6) is 0 Å². The van der Waals surface area contributed by atoms with E-state index in [1.165, 1.54) is 22.5 Å². The maximum atomic E-state index is 10.4. The highest BCUT2D eigenvalue weighted by Crippen LogP contribution is 2.28. The molecule has 1 aliphatic carbocycles. The van der Waals surface area contributed by atoms with Gasteiger partial charge in [0.05, 0.1) is 13.2 Å². The first-order valence-electron chi connectivity index (χ1n) is 10.5. The van der Waals surface area contributed by atoms with Crippen LogP contribution in [-0.4, -0.2) is 59.1 Å². The van der Waals surface area contributed by atoms with Crippen LogP contribution in [0.1, 0.15) is 53.9 Å². The van der Waals surface area contributed by atoms with Gasteiger partial charge in [-0.2, -0.15) is 0 Å². The van der Waals surface area contributed by atoms with Crippen LogP contribution in [0.25, 0.3) is 0 Å². The molecule has 6 unspecified atom stereocenters. The first-order chi connectivity index (χ1) is 13.6. The van der Waals surface area contributed by atoms with Crippen LogP contribution in [0.15, 0.2) is 22.6 Å². The van der Waals surface area contributed by atoms with E-state index in [9.17, 15) is 15.3 Å². The van der Waals surface area contributed by atoms with Gasteiger partial charge in [0.2, 0.25) is 0 Å².